The van der Waals surface area contributed by atoms with Crippen molar-refractivity contribution >= 4 is 29.0 Å². The van der Waals surface area contributed by atoms with Crippen LogP contribution in [0.1, 0.15) is 15.7 Å². The lowest BCUT2D eigenvalue weighted by Crippen LogP contribution is -2.49. The van der Waals surface area contributed by atoms with Crippen molar-refractivity contribution in [2.75, 3.05) is 25.5 Å². The van der Waals surface area contributed by atoms with E-state index in [1.807, 2.05) is 0 Å². The van der Waals surface area contributed by atoms with Gasteiger partial charge in [0.05, 0.1) is 19.3 Å². The zero-order valence-corrected chi connectivity index (χ0v) is 12.0. The van der Waals surface area contributed by atoms with Gasteiger partial charge in [0.25, 0.3) is 0 Å². The van der Waals surface area contributed by atoms with E-state index in [0.29, 0.717) is 19.8 Å². The van der Waals surface area contributed by atoms with Crippen molar-refractivity contribution in [3.8, 4) is 6.07 Å². The Balaban J connectivity index is 1.83. The Labute approximate surface area is 120 Å². The van der Waals surface area contributed by atoms with Gasteiger partial charge >= 0.3 is 0 Å². The van der Waals surface area contributed by atoms with Crippen molar-refractivity contribution in [2.24, 2.45) is 0 Å². The van der Waals surface area contributed by atoms with Crippen LogP contribution >= 0.6 is 23.1 Å². The molecule has 2 unspecified atom stereocenters. The highest BCUT2D eigenvalue weighted by atomic mass is 32.2. The second kappa shape index (κ2) is 5.53. The van der Waals surface area contributed by atoms with E-state index in [1.165, 1.54) is 4.88 Å². The van der Waals surface area contributed by atoms with E-state index in [4.69, 9.17) is 10.00 Å². The third kappa shape index (κ3) is 2.38. The van der Waals surface area contributed by atoms with Crippen LogP contribution in [0.3, 0.4) is 0 Å². The van der Waals surface area contributed by atoms with Crippen LogP contribution in [-0.4, -0.2) is 42.4 Å². The van der Waals surface area contributed by atoms with Gasteiger partial charge in [-0.3, -0.25) is 4.79 Å². The van der Waals surface area contributed by atoms with Gasteiger partial charge in [-0.05, 0) is 29.2 Å². The summed E-state index contributed by atoms with van der Waals surface area (Å²) < 4.78 is 5.27. The van der Waals surface area contributed by atoms with Gasteiger partial charge < -0.3 is 9.64 Å². The van der Waals surface area contributed by atoms with Gasteiger partial charge in [-0.1, -0.05) is 0 Å². The number of hydrogen-bond donors (Lipinski definition) is 0. The molecule has 2 atom stereocenters. The molecule has 0 saturated carbocycles. The third-order valence-corrected chi connectivity index (χ3v) is 5.69. The van der Waals surface area contributed by atoms with Crippen molar-refractivity contribution < 1.29 is 9.53 Å². The Morgan fingerprint density at radius 3 is 3.32 bits per heavy atom. The second-order valence-electron chi connectivity index (χ2n) is 4.55. The molecule has 1 saturated heterocycles. The summed E-state index contributed by atoms with van der Waals surface area (Å²) in [6.07, 6.45) is 1.05. The monoisotopic (exact) mass is 294 g/mol. The molecule has 1 fully saturated rings. The molecule has 19 heavy (non-hydrogen) atoms. The van der Waals surface area contributed by atoms with Crippen LogP contribution in [-0.2, 0) is 16.0 Å². The number of thioether (sulfide) groups is 1. The standard InChI is InChI=1S/C13H14N2O2S2/c14-7-9-8-17-4-3-15(9)13(16)12-10-1-5-18-11(10)2-6-19-12/h1,5,9,12H,2-4,6,8H2. The predicted octanol–water partition coefficient (Wildman–Crippen LogP) is 1.83. The highest BCUT2D eigenvalue weighted by Gasteiger charge is 2.35. The Bertz CT molecular complexity index is 523. The molecule has 4 nitrogen and oxygen atoms in total. The van der Waals surface area contributed by atoms with Crippen molar-refractivity contribution in [3.05, 3.63) is 21.9 Å². The second-order valence-corrected chi connectivity index (χ2v) is 6.77. The summed E-state index contributed by atoms with van der Waals surface area (Å²) >= 11 is 3.42. The highest BCUT2D eigenvalue weighted by molar-refractivity contribution is 8.00. The fourth-order valence-corrected chi connectivity index (χ4v) is 4.84. The topological polar surface area (TPSA) is 53.3 Å². The van der Waals surface area contributed by atoms with Crippen molar-refractivity contribution in [2.45, 2.75) is 17.7 Å². The SMILES string of the molecule is N#CC1COCCN1C(=O)C1SCCc2sccc21. The van der Waals surface area contributed by atoms with Crippen LogP contribution in [0.4, 0.5) is 0 Å². The maximum Gasteiger partial charge on any atom is 0.241 e. The number of nitrogens with zero attached hydrogens (tertiary/aromatic N) is 2. The molecule has 1 aromatic rings. The highest BCUT2D eigenvalue weighted by Crippen LogP contribution is 2.40. The molecule has 6 heteroatoms. The van der Waals surface area contributed by atoms with Crippen molar-refractivity contribution in [1.82, 2.24) is 4.90 Å². The van der Waals surface area contributed by atoms with Gasteiger partial charge in [0.2, 0.25) is 5.91 Å². The van der Waals surface area contributed by atoms with Crippen LogP contribution < -0.4 is 0 Å². The average molecular weight is 294 g/mol. The maximum absolute atomic E-state index is 12.7. The first-order valence-electron chi connectivity index (χ1n) is 6.27. The Kier molecular flexibility index (Phi) is 3.78. The van der Waals surface area contributed by atoms with Gasteiger partial charge in [-0.15, -0.1) is 23.1 Å². The number of nitriles is 1. The molecule has 0 aliphatic carbocycles. The molecule has 0 spiro atoms. The molecule has 0 bridgehead atoms. The van der Waals surface area contributed by atoms with Crippen LogP contribution in [0, 0.1) is 11.3 Å². The molecular formula is C13H14N2O2S2. The largest absolute Gasteiger partial charge is 0.376 e. The molecule has 3 rings (SSSR count). The zero-order chi connectivity index (χ0) is 13.2. The number of carbonyl (C=O) groups excluding carboxylic acids is 1. The fourth-order valence-electron chi connectivity index (χ4n) is 2.48. The van der Waals surface area contributed by atoms with E-state index in [9.17, 15) is 4.79 Å². The summed E-state index contributed by atoms with van der Waals surface area (Å²) in [6, 6.07) is 3.78. The number of aryl methyl sites for hydroxylation is 1. The van der Waals surface area contributed by atoms with E-state index < -0.39 is 6.04 Å². The summed E-state index contributed by atoms with van der Waals surface area (Å²) in [5.41, 5.74) is 1.15. The average Bonchev–Trinajstić information content (AvgIpc) is 2.94. The predicted molar refractivity (Wildman–Crippen MR) is 75.2 cm³/mol. The van der Waals surface area contributed by atoms with Gasteiger partial charge in [-0.2, -0.15) is 5.26 Å². The van der Waals surface area contributed by atoms with Gasteiger partial charge in [0.15, 0.2) is 0 Å². The summed E-state index contributed by atoms with van der Waals surface area (Å²) in [7, 11) is 0. The van der Waals surface area contributed by atoms with E-state index in [-0.39, 0.29) is 11.2 Å². The molecule has 2 aliphatic heterocycles. The number of rotatable bonds is 1. The lowest BCUT2D eigenvalue weighted by Gasteiger charge is -2.34. The minimum Gasteiger partial charge on any atom is -0.376 e. The molecule has 100 valence electrons. The minimum atomic E-state index is -0.439. The fraction of sp³-hybridized carbons (Fsp3) is 0.538. The molecule has 0 radical (unpaired) electrons. The number of thiophene rings is 1. The molecule has 3 heterocycles. The quantitative estimate of drug-likeness (QED) is 0.793. The molecule has 0 aromatic carbocycles. The summed E-state index contributed by atoms with van der Waals surface area (Å²) in [5, 5.41) is 11.1. The summed E-state index contributed by atoms with van der Waals surface area (Å²) in [4.78, 5) is 15.7. The van der Waals surface area contributed by atoms with Crippen molar-refractivity contribution in [1.29, 1.82) is 5.26 Å². The number of hydrogen-bond acceptors (Lipinski definition) is 5. The zero-order valence-electron chi connectivity index (χ0n) is 10.4. The van der Waals surface area contributed by atoms with Crippen LogP contribution in [0.2, 0.25) is 0 Å². The van der Waals surface area contributed by atoms with Gasteiger partial charge in [-0.25, -0.2) is 0 Å². The van der Waals surface area contributed by atoms with Gasteiger partial charge in [0, 0.05) is 11.4 Å². The molecule has 1 aromatic heterocycles. The Morgan fingerprint density at radius 2 is 2.47 bits per heavy atom. The number of amides is 1. The van der Waals surface area contributed by atoms with E-state index in [0.717, 1.165) is 17.7 Å². The summed E-state index contributed by atoms with van der Waals surface area (Å²) in [5.74, 6) is 1.05. The summed E-state index contributed by atoms with van der Waals surface area (Å²) in [6.45, 7) is 1.38. The van der Waals surface area contributed by atoms with Gasteiger partial charge in [0.1, 0.15) is 11.3 Å². The van der Waals surface area contributed by atoms with Crippen LogP contribution in [0.5, 0.6) is 0 Å². The Hall–Kier alpha value is -1.03. The number of morpholine rings is 1. The lowest BCUT2D eigenvalue weighted by molar-refractivity contribution is -0.137. The first-order valence-corrected chi connectivity index (χ1v) is 8.20. The number of carbonyl (C=O) groups is 1. The smallest absolute Gasteiger partial charge is 0.241 e. The molecule has 2 aliphatic rings. The number of fused-ring (bicyclic) bond motifs is 1. The maximum atomic E-state index is 12.7. The van der Waals surface area contributed by atoms with Crippen LogP contribution in [0.25, 0.3) is 0 Å². The van der Waals surface area contributed by atoms with Crippen LogP contribution in [0.15, 0.2) is 11.4 Å². The number of ether oxygens (including phenoxy) is 1. The first kappa shape index (κ1) is 13.0. The molecular weight excluding hydrogens is 280 g/mol. The van der Waals surface area contributed by atoms with Crippen molar-refractivity contribution in [3.63, 3.8) is 0 Å². The minimum absolute atomic E-state index is 0.0687. The lowest BCUT2D eigenvalue weighted by atomic mass is 10.1. The van der Waals surface area contributed by atoms with E-state index in [1.54, 1.807) is 28.0 Å². The molecule has 1 amide bonds. The molecule has 0 N–H and O–H groups in total. The third-order valence-electron chi connectivity index (χ3n) is 3.46. The Morgan fingerprint density at radius 1 is 1.58 bits per heavy atom. The normalized spacial score (nSPS) is 26.6. The van der Waals surface area contributed by atoms with E-state index in [2.05, 4.69) is 17.5 Å². The first-order chi connectivity index (χ1) is 9.31. The van der Waals surface area contributed by atoms with E-state index >= 15 is 0 Å².